The van der Waals surface area contributed by atoms with Gasteiger partial charge >= 0.3 is 0 Å². The van der Waals surface area contributed by atoms with Gasteiger partial charge in [0.25, 0.3) is 0 Å². The summed E-state index contributed by atoms with van der Waals surface area (Å²) in [6, 6.07) is 2.46. The van der Waals surface area contributed by atoms with E-state index in [0.29, 0.717) is 6.04 Å². The van der Waals surface area contributed by atoms with E-state index in [-0.39, 0.29) is 0 Å². The van der Waals surface area contributed by atoms with E-state index in [1.54, 1.807) is 0 Å². The highest BCUT2D eigenvalue weighted by molar-refractivity contribution is 7.99. The molecule has 0 radical (unpaired) electrons. The first kappa shape index (κ1) is 11.0. The summed E-state index contributed by atoms with van der Waals surface area (Å²) in [6.45, 7) is 3.05. The minimum Gasteiger partial charge on any atom is -0.312 e. The van der Waals surface area contributed by atoms with Gasteiger partial charge in [-0.05, 0) is 6.92 Å². The minimum atomic E-state index is 0.502. The molecule has 1 aliphatic rings. The first-order chi connectivity index (χ1) is 8.33. The van der Waals surface area contributed by atoms with Gasteiger partial charge in [0.15, 0.2) is 5.65 Å². The molecule has 1 N–H and O–H groups in total. The summed E-state index contributed by atoms with van der Waals surface area (Å²) < 4.78 is 1.98. The highest BCUT2D eigenvalue weighted by Gasteiger charge is 2.16. The summed E-state index contributed by atoms with van der Waals surface area (Å²) in [5.74, 6) is 3.35. The Kier molecular flexibility index (Phi) is 2.98. The van der Waals surface area contributed by atoms with Crippen LogP contribution in [0.4, 0.5) is 0 Å². The molecule has 3 rings (SSSR count). The smallest absolute Gasteiger partial charge is 0.163 e. The van der Waals surface area contributed by atoms with Crippen molar-refractivity contribution in [2.75, 3.05) is 18.1 Å². The average molecular weight is 249 g/mol. The first-order valence-electron chi connectivity index (χ1n) is 5.80. The molecule has 1 saturated heterocycles. The molecule has 0 bridgehead atoms. The molecule has 0 amide bonds. The molecule has 1 atom stereocenters. The summed E-state index contributed by atoms with van der Waals surface area (Å²) in [4.78, 5) is 4.29. The Hall–Kier alpha value is -1.14. The molecular formula is C11H15N5S. The van der Waals surface area contributed by atoms with Crippen LogP contribution in [0.3, 0.4) is 0 Å². The van der Waals surface area contributed by atoms with Crippen molar-refractivity contribution in [1.82, 2.24) is 24.9 Å². The van der Waals surface area contributed by atoms with Crippen LogP contribution in [0.5, 0.6) is 0 Å². The van der Waals surface area contributed by atoms with Crippen LogP contribution in [0.1, 0.15) is 11.5 Å². The Labute approximate surface area is 104 Å². The van der Waals surface area contributed by atoms with Crippen LogP contribution < -0.4 is 5.32 Å². The third-order valence-electron chi connectivity index (χ3n) is 2.94. The lowest BCUT2D eigenvalue weighted by Gasteiger charge is -2.22. The van der Waals surface area contributed by atoms with Crippen molar-refractivity contribution in [3.05, 3.63) is 23.9 Å². The van der Waals surface area contributed by atoms with Crippen molar-refractivity contribution in [3.8, 4) is 0 Å². The third kappa shape index (κ3) is 2.28. The van der Waals surface area contributed by atoms with Gasteiger partial charge in [-0.25, -0.2) is 4.98 Å². The van der Waals surface area contributed by atoms with Crippen LogP contribution in [0.2, 0.25) is 0 Å². The monoisotopic (exact) mass is 249 g/mol. The zero-order valence-electron chi connectivity index (χ0n) is 9.76. The molecule has 0 aliphatic carbocycles. The van der Waals surface area contributed by atoms with Crippen molar-refractivity contribution in [2.24, 2.45) is 0 Å². The minimum absolute atomic E-state index is 0.502. The molecule has 0 saturated carbocycles. The van der Waals surface area contributed by atoms with Gasteiger partial charge in [0, 0.05) is 42.3 Å². The lowest BCUT2D eigenvalue weighted by molar-refractivity contribution is 0.547. The second-order valence-electron chi connectivity index (χ2n) is 4.30. The van der Waals surface area contributed by atoms with Crippen LogP contribution in [-0.2, 0) is 6.42 Å². The Morgan fingerprint density at radius 3 is 3.29 bits per heavy atom. The number of thioether (sulfide) groups is 1. The largest absolute Gasteiger partial charge is 0.312 e. The van der Waals surface area contributed by atoms with E-state index in [4.69, 9.17) is 0 Å². The molecule has 1 fully saturated rings. The molecule has 0 aromatic carbocycles. The predicted octanol–water partition coefficient (Wildman–Crippen LogP) is 0.680. The highest BCUT2D eigenvalue weighted by Crippen LogP contribution is 2.12. The van der Waals surface area contributed by atoms with Gasteiger partial charge in [0.05, 0.1) is 0 Å². The van der Waals surface area contributed by atoms with E-state index < -0.39 is 0 Å². The van der Waals surface area contributed by atoms with Gasteiger partial charge in [-0.3, -0.25) is 4.40 Å². The van der Waals surface area contributed by atoms with E-state index in [0.717, 1.165) is 35.9 Å². The van der Waals surface area contributed by atoms with Gasteiger partial charge < -0.3 is 5.32 Å². The van der Waals surface area contributed by atoms with Crippen LogP contribution in [0.25, 0.3) is 5.65 Å². The number of aryl methyl sites for hydroxylation is 1. The molecule has 2 aromatic heterocycles. The van der Waals surface area contributed by atoms with Crippen molar-refractivity contribution in [1.29, 1.82) is 0 Å². The number of aromatic nitrogens is 4. The number of nitrogens with zero attached hydrogens (tertiary/aromatic N) is 4. The standard InChI is InChI=1S/C11H15N5S/c1-8-4-10-14-15-11(16(10)7-13-8)5-9-6-17-3-2-12-9/h4,7,9,12H,2-3,5-6H2,1H3. The van der Waals surface area contributed by atoms with Crippen molar-refractivity contribution >= 4 is 17.4 Å². The number of hydrogen-bond donors (Lipinski definition) is 1. The molecule has 1 aliphatic heterocycles. The Bertz CT molecular complexity index is 518. The van der Waals surface area contributed by atoms with Crippen LogP contribution in [0, 0.1) is 6.92 Å². The van der Waals surface area contributed by atoms with E-state index in [1.165, 1.54) is 5.75 Å². The van der Waals surface area contributed by atoms with E-state index >= 15 is 0 Å². The van der Waals surface area contributed by atoms with E-state index in [9.17, 15) is 0 Å². The second-order valence-corrected chi connectivity index (χ2v) is 5.45. The summed E-state index contributed by atoms with van der Waals surface area (Å²) >= 11 is 2.00. The normalized spacial score (nSPS) is 20.9. The maximum Gasteiger partial charge on any atom is 0.163 e. The van der Waals surface area contributed by atoms with Crippen LogP contribution in [0.15, 0.2) is 12.4 Å². The van der Waals surface area contributed by atoms with Gasteiger partial charge in [-0.2, -0.15) is 11.8 Å². The molecule has 17 heavy (non-hydrogen) atoms. The maximum atomic E-state index is 4.29. The second kappa shape index (κ2) is 4.62. The lowest BCUT2D eigenvalue weighted by Crippen LogP contribution is -2.39. The average Bonchev–Trinajstić information content (AvgIpc) is 2.73. The number of fused-ring (bicyclic) bond motifs is 1. The number of hydrogen-bond acceptors (Lipinski definition) is 5. The Balaban J connectivity index is 1.84. The SMILES string of the molecule is Cc1cc2nnc(CC3CSCCN3)n2cn1. The van der Waals surface area contributed by atoms with Crippen molar-refractivity contribution in [2.45, 2.75) is 19.4 Å². The number of rotatable bonds is 2. The fourth-order valence-corrected chi connectivity index (χ4v) is 2.99. The molecule has 2 aromatic rings. The Morgan fingerprint density at radius 2 is 2.47 bits per heavy atom. The molecular weight excluding hydrogens is 234 g/mol. The van der Waals surface area contributed by atoms with Gasteiger partial charge in [-0.1, -0.05) is 0 Å². The number of nitrogens with one attached hydrogen (secondary N) is 1. The van der Waals surface area contributed by atoms with Crippen LogP contribution in [-0.4, -0.2) is 43.7 Å². The van der Waals surface area contributed by atoms with E-state index in [2.05, 4.69) is 20.5 Å². The molecule has 0 spiro atoms. The fraction of sp³-hybridized carbons (Fsp3) is 0.545. The third-order valence-corrected chi connectivity index (χ3v) is 4.07. The van der Waals surface area contributed by atoms with Crippen molar-refractivity contribution < 1.29 is 0 Å². The summed E-state index contributed by atoms with van der Waals surface area (Å²) in [5.41, 5.74) is 1.86. The summed E-state index contributed by atoms with van der Waals surface area (Å²) in [6.07, 6.45) is 2.73. The van der Waals surface area contributed by atoms with E-state index in [1.807, 2.05) is 35.5 Å². The Morgan fingerprint density at radius 1 is 1.53 bits per heavy atom. The van der Waals surface area contributed by atoms with Crippen molar-refractivity contribution in [3.63, 3.8) is 0 Å². The van der Waals surface area contributed by atoms with Gasteiger partial charge in [0.1, 0.15) is 12.2 Å². The predicted molar refractivity (Wildman–Crippen MR) is 68.3 cm³/mol. The molecule has 5 nitrogen and oxygen atoms in total. The zero-order valence-corrected chi connectivity index (χ0v) is 10.6. The van der Waals surface area contributed by atoms with Crippen LogP contribution >= 0.6 is 11.8 Å². The first-order valence-corrected chi connectivity index (χ1v) is 6.96. The topological polar surface area (TPSA) is 55.1 Å². The molecule has 90 valence electrons. The quantitative estimate of drug-likeness (QED) is 0.848. The van der Waals surface area contributed by atoms with Gasteiger partial charge in [-0.15, -0.1) is 10.2 Å². The lowest BCUT2D eigenvalue weighted by atomic mass is 10.2. The molecule has 3 heterocycles. The zero-order chi connectivity index (χ0) is 11.7. The highest BCUT2D eigenvalue weighted by atomic mass is 32.2. The summed E-state index contributed by atoms with van der Waals surface area (Å²) in [5, 5.41) is 11.9. The molecule has 6 heteroatoms. The summed E-state index contributed by atoms with van der Waals surface area (Å²) in [7, 11) is 0. The maximum absolute atomic E-state index is 4.29. The molecule has 1 unspecified atom stereocenters. The van der Waals surface area contributed by atoms with Gasteiger partial charge in [0.2, 0.25) is 0 Å². The fourth-order valence-electron chi connectivity index (χ4n) is 2.05.